The van der Waals surface area contributed by atoms with Crippen molar-refractivity contribution >= 4 is 23.2 Å². The van der Waals surface area contributed by atoms with Crippen molar-refractivity contribution in [1.82, 2.24) is 5.32 Å². The van der Waals surface area contributed by atoms with Crippen molar-refractivity contribution in [2.75, 3.05) is 18.4 Å². The summed E-state index contributed by atoms with van der Waals surface area (Å²) >= 11 is 5.82. The van der Waals surface area contributed by atoms with E-state index in [9.17, 15) is 4.79 Å². The highest BCUT2D eigenvalue weighted by molar-refractivity contribution is 6.30. The number of anilines is 1. The number of halogens is 1. The molecule has 0 bridgehead atoms. The zero-order chi connectivity index (χ0) is 12.5. The topological polar surface area (TPSA) is 41.1 Å². The fourth-order valence-electron chi connectivity index (χ4n) is 1.33. The summed E-state index contributed by atoms with van der Waals surface area (Å²) in [5, 5.41) is 6.44. The molecule has 2 N–H and O–H groups in total. The third kappa shape index (κ3) is 6.09. The summed E-state index contributed by atoms with van der Waals surface area (Å²) in [5.41, 5.74) is 0.720. The number of benzene rings is 1. The van der Waals surface area contributed by atoms with Crippen LogP contribution < -0.4 is 10.6 Å². The maximum Gasteiger partial charge on any atom is 0.238 e. The molecule has 0 saturated heterocycles. The van der Waals surface area contributed by atoms with Gasteiger partial charge in [0.1, 0.15) is 0 Å². The lowest BCUT2D eigenvalue weighted by Gasteiger charge is -2.06. The van der Waals surface area contributed by atoms with Crippen LogP contribution in [-0.2, 0) is 4.79 Å². The first-order chi connectivity index (χ1) is 8.22. The van der Waals surface area contributed by atoms with E-state index in [0.717, 1.165) is 18.7 Å². The summed E-state index contributed by atoms with van der Waals surface area (Å²) in [6.07, 6.45) is 4.98. The molecule has 92 valence electrons. The lowest BCUT2D eigenvalue weighted by Crippen LogP contribution is -2.28. The van der Waals surface area contributed by atoms with Gasteiger partial charge in [-0.15, -0.1) is 0 Å². The van der Waals surface area contributed by atoms with Gasteiger partial charge in [-0.05, 0) is 38.1 Å². The standard InChI is InChI=1S/C13H17ClN2O/c1-2-3-4-8-15-10-13(17)16-12-7-5-6-11(14)9-12/h2-3,5-7,9,15H,4,8,10H2,1H3,(H,16,17)/b3-2+. The van der Waals surface area contributed by atoms with Gasteiger partial charge in [0.15, 0.2) is 0 Å². The van der Waals surface area contributed by atoms with Crippen molar-refractivity contribution in [3.63, 3.8) is 0 Å². The number of hydrogen-bond donors (Lipinski definition) is 2. The second kappa shape index (κ2) is 7.87. The van der Waals surface area contributed by atoms with Crippen LogP contribution >= 0.6 is 11.6 Å². The van der Waals surface area contributed by atoms with Gasteiger partial charge in [0, 0.05) is 10.7 Å². The van der Waals surface area contributed by atoms with Crippen molar-refractivity contribution in [3.8, 4) is 0 Å². The van der Waals surface area contributed by atoms with E-state index in [2.05, 4.69) is 16.7 Å². The third-order valence-electron chi connectivity index (χ3n) is 2.12. The first-order valence-electron chi connectivity index (χ1n) is 5.59. The highest BCUT2D eigenvalue weighted by Crippen LogP contribution is 2.14. The van der Waals surface area contributed by atoms with Crippen LogP contribution in [-0.4, -0.2) is 19.0 Å². The van der Waals surface area contributed by atoms with E-state index in [-0.39, 0.29) is 5.91 Å². The zero-order valence-electron chi connectivity index (χ0n) is 9.87. The van der Waals surface area contributed by atoms with Crippen LogP contribution in [0.1, 0.15) is 13.3 Å². The van der Waals surface area contributed by atoms with E-state index >= 15 is 0 Å². The van der Waals surface area contributed by atoms with Gasteiger partial charge in [-0.2, -0.15) is 0 Å². The summed E-state index contributed by atoms with van der Waals surface area (Å²) in [6.45, 7) is 3.09. The van der Waals surface area contributed by atoms with Crippen LogP contribution in [0.3, 0.4) is 0 Å². The molecule has 17 heavy (non-hydrogen) atoms. The number of hydrogen-bond acceptors (Lipinski definition) is 2. The molecule has 0 aliphatic rings. The minimum absolute atomic E-state index is 0.0623. The predicted octanol–water partition coefficient (Wildman–Crippen LogP) is 2.83. The molecule has 0 aliphatic heterocycles. The maximum absolute atomic E-state index is 11.5. The predicted molar refractivity (Wildman–Crippen MR) is 72.4 cm³/mol. The number of carbonyl (C=O) groups excluding carboxylic acids is 1. The van der Waals surface area contributed by atoms with E-state index in [0.29, 0.717) is 11.6 Å². The molecule has 0 spiro atoms. The number of nitrogens with one attached hydrogen (secondary N) is 2. The number of rotatable bonds is 6. The minimum Gasteiger partial charge on any atom is -0.325 e. The van der Waals surface area contributed by atoms with Gasteiger partial charge in [0.05, 0.1) is 6.54 Å². The van der Waals surface area contributed by atoms with Gasteiger partial charge in [-0.1, -0.05) is 29.8 Å². The second-order valence-corrected chi connectivity index (χ2v) is 4.03. The van der Waals surface area contributed by atoms with E-state index in [1.807, 2.05) is 19.1 Å². The lowest BCUT2D eigenvalue weighted by atomic mass is 10.3. The van der Waals surface area contributed by atoms with E-state index in [4.69, 9.17) is 11.6 Å². The van der Waals surface area contributed by atoms with Gasteiger partial charge in [0.25, 0.3) is 0 Å². The van der Waals surface area contributed by atoms with Crippen LogP contribution in [0.15, 0.2) is 36.4 Å². The molecule has 0 saturated carbocycles. The minimum atomic E-state index is -0.0623. The molecular weight excluding hydrogens is 236 g/mol. The molecule has 0 aliphatic carbocycles. The molecule has 4 heteroatoms. The maximum atomic E-state index is 11.5. The Bertz CT molecular complexity index is 391. The van der Waals surface area contributed by atoms with Crippen molar-refractivity contribution in [2.24, 2.45) is 0 Å². The quantitative estimate of drug-likeness (QED) is 0.604. The Labute approximate surface area is 107 Å². The molecule has 0 fully saturated rings. The molecule has 0 atom stereocenters. The zero-order valence-corrected chi connectivity index (χ0v) is 10.6. The molecule has 1 amide bonds. The van der Waals surface area contributed by atoms with Crippen LogP contribution in [0.25, 0.3) is 0 Å². The molecule has 1 aromatic carbocycles. The lowest BCUT2D eigenvalue weighted by molar-refractivity contribution is -0.115. The second-order valence-electron chi connectivity index (χ2n) is 3.59. The SMILES string of the molecule is C/C=C/CCNCC(=O)Nc1cccc(Cl)c1. The third-order valence-corrected chi connectivity index (χ3v) is 2.35. The van der Waals surface area contributed by atoms with Crippen LogP contribution in [0, 0.1) is 0 Å². The fourth-order valence-corrected chi connectivity index (χ4v) is 1.52. The Morgan fingerprint density at radius 2 is 2.29 bits per heavy atom. The summed E-state index contributed by atoms with van der Waals surface area (Å²) in [5.74, 6) is -0.0623. The molecular formula is C13H17ClN2O. The fraction of sp³-hybridized carbons (Fsp3) is 0.308. The average Bonchev–Trinajstić information content (AvgIpc) is 2.29. The number of amides is 1. The van der Waals surface area contributed by atoms with Crippen molar-refractivity contribution in [3.05, 3.63) is 41.4 Å². The first-order valence-corrected chi connectivity index (χ1v) is 5.97. The van der Waals surface area contributed by atoms with Crippen LogP contribution in [0.4, 0.5) is 5.69 Å². The number of allylic oxidation sites excluding steroid dienone is 1. The molecule has 3 nitrogen and oxygen atoms in total. The summed E-state index contributed by atoms with van der Waals surface area (Å²) in [7, 11) is 0. The van der Waals surface area contributed by atoms with Crippen molar-refractivity contribution < 1.29 is 4.79 Å². The molecule has 0 heterocycles. The van der Waals surface area contributed by atoms with Gasteiger partial charge >= 0.3 is 0 Å². The normalized spacial score (nSPS) is 10.7. The number of carbonyl (C=O) groups is 1. The highest BCUT2D eigenvalue weighted by atomic mass is 35.5. The van der Waals surface area contributed by atoms with Gasteiger partial charge in [0.2, 0.25) is 5.91 Å². The van der Waals surface area contributed by atoms with Gasteiger partial charge in [-0.3, -0.25) is 4.79 Å². The Morgan fingerprint density at radius 3 is 3.00 bits per heavy atom. The molecule has 0 aromatic heterocycles. The summed E-state index contributed by atoms with van der Waals surface area (Å²) in [6, 6.07) is 7.10. The Balaban J connectivity index is 2.25. The molecule has 1 rings (SSSR count). The van der Waals surface area contributed by atoms with Gasteiger partial charge < -0.3 is 10.6 Å². The summed E-state index contributed by atoms with van der Waals surface area (Å²) in [4.78, 5) is 11.5. The first kappa shape index (κ1) is 13.7. The Kier molecular flexibility index (Phi) is 6.37. The van der Waals surface area contributed by atoms with E-state index < -0.39 is 0 Å². The van der Waals surface area contributed by atoms with Crippen LogP contribution in [0.5, 0.6) is 0 Å². The summed E-state index contributed by atoms with van der Waals surface area (Å²) < 4.78 is 0. The Morgan fingerprint density at radius 1 is 1.47 bits per heavy atom. The molecule has 0 radical (unpaired) electrons. The van der Waals surface area contributed by atoms with Crippen molar-refractivity contribution in [1.29, 1.82) is 0 Å². The monoisotopic (exact) mass is 252 g/mol. The average molecular weight is 253 g/mol. The van der Waals surface area contributed by atoms with Crippen LogP contribution in [0.2, 0.25) is 5.02 Å². The van der Waals surface area contributed by atoms with E-state index in [1.165, 1.54) is 0 Å². The molecule has 0 unspecified atom stereocenters. The van der Waals surface area contributed by atoms with Crippen molar-refractivity contribution in [2.45, 2.75) is 13.3 Å². The highest BCUT2D eigenvalue weighted by Gasteiger charge is 2.01. The Hall–Kier alpha value is -1.32. The van der Waals surface area contributed by atoms with E-state index in [1.54, 1.807) is 18.2 Å². The molecule has 1 aromatic rings. The smallest absolute Gasteiger partial charge is 0.238 e. The largest absolute Gasteiger partial charge is 0.325 e. The van der Waals surface area contributed by atoms with Gasteiger partial charge in [-0.25, -0.2) is 0 Å².